The molecular weight excluding hydrogens is 298 g/mol. The molecule has 22 heavy (non-hydrogen) atoms. The fourth-order valence-electron chi connectivity index (χ4n) is 3.25. The number of hydrogen-bond donors (Lipinski definition) is 2. The molecule has 3 N–H and O–H groups in total. The van der Waals surface area contributed by atoms with Crippen molar-refractivity contribution >= 4 is 10.0 Å². The first-order valence-corrected chi connectivity index (χ1v) is 9.08. The van der Waals surface area contributed by atoms with Crippen LogP contribution >= 0.6 is 0 Å². The Bertz CT molecular complexity index is 694. The van der Waals surface area contributed by atoms with Gasteiger partial charge in [-0.2, -0.15) is 5.26 Å². The van der Waals surface area contributed by atoms with E-state index in [1.807, 2.05) is 6.07 Å². The Morgan fingerprint density at radius 1 is 1.45 bits per heavy atom. The summed E-state index contributed by atoms with van der Waals surface area (Å²) in [6, 6.07) is 6.63. The molecule has 1 saturated carbocycles. The lowest BCUT2D eigenvalue weighted by Gasteiger charge is -2.42. The van der Waals surface area contributed by atoms with E-state index in [1.165, 1.54) is 12.1 Å². The molecule has 120 valence electrons. The Balaban J connectivity index is 2.36. The van der Waals surface area contributed by atoms with Gasteiger partial charge in [-0.15, -0.1) is 0 Å². The quantitative estimate of drug-likeness (QED) is 0.887. The summed E-state index contributed by atoms with van der Waals surface area (Å²) in [7, 11) is -3.66. The Morgan fingerprint density at radius 2 is 2.18 bits per heavy atom. The number of nitrogens with two attached hydrogens (primary N) is 1. The first-order valence-electron chi connectivity index (χ1n) is 7.59. The lowest BCUT2D eigenvalue weighted by Crippen LogP contribution is -2.59. The van der Waals surface area contributed by atoms with Gasteiger partial charge in [0.1, 0.15) is 0 Å². The summed E-state index contributed by atoms with van der Waals surface area (Å²) in [5.74, 6) is 0.208. The van der Waals surface area contributed by atoms with Crippen molar-refractivity contribution in [2.45, 2.75) is 50.0 Å². The number of sulfonamides is 1. The molecule has 2 unspecified atom stereocenters. The van der Waals surface area contributed by atoms with Crippen LogP contribution in [-0.2, 0) is 10.0 Å². The summed E-state index contributed by atoms with van der Waals surface area (Å²) >= 11 is 0. The van der Waals surface area contributed by atoms with Crippen LogP contribution in [-0.4, -0.2) is 20.5 Å². The van der Waals surface area contributed by atoms with Gasteiger partial charge in [0.25, 0.3) is 0 Å². The van der Waals surface area contributed by atoms with Crippen LogP contribution in [0.25, 0.3) is 0 Å². The third kappa shape index (κ3) is 3.17. The lowest BCUT2D eigenvalue weighted by atomic mass is 9.74. The van der Waals surface area contributed by atoms with Crippen LogP contribution in [0.5, 0.6) is 0 Å². The molecule has 1 aromatic rings. The van der Waals surface area contributed by atoms with Gasteiger partial charge < -0.3 is 5.73 Å². The fourth-order valence-corrected chi connectivity index (χ4v) is 5.01. The van der Waals surface area contributed by atoms with Crippen molar-refractivity contribution < 1.29 is 8.42 Å². The molecule has 6 heteroatoms. The van der Waals surface area contributed by atoms with Crippen molar-refractivity contribution in [3.63, 3.8) is 0 Å². The van der Waals surface area contributed by atoms with Crippen molar-refractivity contribution in [3.8, 4) is 6.07 Å². The van der Waals surface area contributed by atoms with Crippen LogP contribution in [0.3, 0.4) is 0 Å². The highest BCUT2D eigenvalue weighted by atomic mass is 32.2. The van der Waals surface area contributed by atoms with E-state index in [4.69, 9.17) is 11.0 Å². The van der Waals surface area contributed by atoms with E-state index in [9.17, 15) is 8.42 Å². The predicted molar refractivity (Wildman–Crippen MR) is 85.6 cm³/mol. The summed E-state index contributed by atoms with van der Waals surface area (Å²) in [6.07, 6.45) is 3.84. The normalized spacial score (nSPS) is 25.6. The summed E-state index contributed by atoms with van der Waals surface area (Å²) in [4.78, 5) is 0.220. The van der Waals surface area contributed by atoms with Gasteiger partial charge in [-0.3, -0.25) is 0 Å². The van der Waals surface area contributed by atoms with E-state index >= 15 is 0 Å². The number of nitrogens with zero attached hydrogens (tertiary/aromatic N) is 1. The smallest absolute Gasteiger partial charge is 0.241 e. The van der Waals surface area contributed by atoms with Crippen LogP contribution in [0, 0.1) is 24.2 Å². The molecule has 0 heterocycles. The number of nitrogens with one attached hydrogen (secondary N) is 1. The maximum absolute atomic E-state index is 12.8. The third-order valence-corrected chi connectivity index (χ3v) is 6.46. The monoisotopic (exact) mass is 321 g/mol. The van der Waals surface area contributed by atoms with Gasteiger partial charge in [-0.05, 0) is 49.4 Å². The molecule has 0 saturated heterocycles. The molecule has 1 aromatic carbocycles. The van der Waals surface area contributed by atoms with E-state index in [0.717, 1.165) is 25.7 Å². The van der Waals surface area contributed by atoms with Crippen molar-refractivity contribution in [2.24, 2.45) is 11.7 Å². The number of benzene rings is 1. The average Bonchev–Trinajstić information content (AvgIpc) is 2.49. The molecule has 0 aromatic heterocycles. The van der Waals surface area contributed by atoms with Gasteiger partial charge in [0.05, 0.1) is 16.5 Å². The first-order chi connectivity index (χ1) is 10.3. The van der Waals surface area contributed by atoms with Gasteiger partial charge in [-0.1, -0.05) is 19.8 Å². The van der Waals surface area contributed by atoms with Crippen LogP contribution in [0.2, 0.25) is 0 Å². The molecule has 0 aliphatic heterocycles. The van der Waals surface area contributed by atoms with E-state index < -0.39 is 15.6 Å². The largest absolute Gasteiger partial charge is 0.329 e. The number of aryl methyl sites for hydroxylation is 1. The van der Waals surface area contributed by atoms with E-state index in [2.05, 4.69) is 11.6 Å². The van der Waals surface area contributed by atoms with E-state index in [1.54, 1.807) is 13.0 Å². The maximum atomic E-state index is 12.8. The van der Waals surface area contributed by atoms with Crippen molar-refractivity contribution in [2.75, 3.05) is 6.54 Å². The summed E-state index contributed by atoms with van der Waals surface area (Å²) < 4.78 is 28.4. The molecule has 0 amide bonds. The number of nitriles is 1. The van der Waals surface area contributed by atoms with Gasteiger partial charge in [0, 0.05) is 12.1 Å². The minimum absolute atomic E-state index is 0.208. The predicted octanol–water partition coefficient (Wildman–Crippen LogP) is 2.05. The molecule has 1 fully saturated rings. The van der Waals surface area contributed by atoms with Gasteiger partial charge >= 0.3 is 0 Å². The molecule has 5 nitrogen and oxygen atoms in total. The molecule has 2 atom stereocenters. The second-order valence-corrected chi connectivity index (χ2v) is 7.86. The van der Waals surface area contributed by atoms with Crippen LogP contribution < -0.4 is 10.5 Å². The van der Waals surface area contributed by atoms with Crippen molar-refractivity contribution in [1.82, 2.24) is 4.72 Å². The van der Waals surface area contributed by atoms with Crippen molar-refractivity contribution in [1.29, 1.82) is 5.26 Å². The van der Waals surface area contributed by atoms with Gasteiger partial charge in [0.2, 0.25) is 10.0 Å². The maximum Gasteiger partial charge on any atom is 0.241 e. The van der Waals surface area contributed by atoms with Crippen LogP contribution in [0.4, 0.5) is 0 Å². The summed E-state index contributed by atoms with van der Waals surface area (Å²) in [6.45, 7) is 4.05. The van der Waals surface area contributed by atoms with Crippen molar-refractivity contribution in [3.05, 3.63) is 29.3 Å². The minimum atomic E-state index is -3.66. The lowest BCUT2D eigenvalue weighted by molar-refractivity contribution is 0.191. The van der Waals surface area contributed by atoms with E-state index in [0.29, 0.717) is 17.7 Å². The Morgan fingerprint density at radius 3 is 2.73 bits per heavy atom. The number of rotatable bonds is 4. The fraction of sp³-hybridized carbons (Fsp3) is 0.562. The molecule has 1 aliphatic carbocycles. The third-order valence-electron chi connectivity index (χ3n) is 4.75. The zero-order valence-corrected chi connectivity index (χ0v) is 13.9. The topological polar surface area (TPSA) is 96.0 Å². The first kappa shape index (κ1) is 16.9. The molecule has 1 aliphatic rings. The zero-order valence-electron chi connectivity index (χ0n) is 13.1. The molecular formula is C16H23N3O2S. The molecule has 0 radical (unpaired) electrons. The molecule has 2 rings (SSSR count). The summed E-state index contributed by atoms with van der Waals surface area (Å²) in [5.41, 5.74) is 6.38. The highest BCUT2D eigenvalue weighted by Gasteiger charge is 2.40. The zero-order chi connectivity index (χ0) is 16.4. The number of hydrogen-bond acceptors (Lipinski definition) is 4. The molecule has 0 spiro atoms. The SMILES string of the molecule is Cc1cc(C#N)ccc1S(=O)(=O)NC1(CN)CCCCC1C. The Hall–Kier alpha value is -1.42. The molecule has 0 bridgehead atoms. The van der Waals surface area contributed by atoms with Gasteiger partial charge in [-0.25, -0.2) is 13.1 Å². The second-order valence-electron chi connectivity index (χ2n) is 6.20. The highest BCUT2D eigenvalue weighted by Crippen LogP contribution is 2.34. The highest BCUT2D eigenvalue weighted by molar-refractivity contribution is 7.89. The van der Waals surface area contributed by atoms with Crippen LogP contribution in [0.1, 0.15) is 43.7 Å². The standard InChI is InChI=1S/C16H23N3O2S/c1-12-9-14(10-17)6-7-15(12)22(20,21)19-16(11-18)8-4-3-5-13(16)2/h6-7,9,13,19H,3-5,8,11,18H2,1-2H3. The van der Waals surface area contributed by atoms with Gasteiger partial charge in [0.15, 0.2) is 0 Å². The average molecular weight is 321 g/mol. The Kier molecular flexibility index (Phi) is 4.90. The summed E-state index contributed by atoms with van der Waals surface area (Å²) in [5, 5.41) is 8.90. The minimum Gasteiger partial charge on any atom is -0.329 e. The second kappa shape index (κ2) is 6.37. The van der Waals surface area contributed by atoms with E-state index in [-0.39, 0.29) is 10.8 Å². The van der Waals surface area contributed by atoms with Crippen LogP contribution in [0.15, 0.2) is 23.1 Å². The Labute approximate surface area is 132 Å².